The minimum absolute atomic E-state index is 0.911. The van der Waals surface area contributed by atoms with Gasteiger partial charge in [-0.05, 0) is 42.0 Å². The zero-order chi connectivity index (χ0) is 34.3. The first-order valence-electron chi connectivity index (χ1n) is 21.0. The van der Waals surface area contributed by atoms with Crippen molar-refractivity contribution in [1.29, 1.82) is 0 Å². The maximum absolute atomic E-state index is 5.74. The van der Waals surface area contributed by atoms with E-state index in [1.54, 1.807) is 0 Å². The van der Waals surface area contributed by atoms with Crippen LogP contribution in [0, 0.1) is 12.3 Å². The van der Waals surface area contributed by atoms with Crippen molar-refractivity contribution in [2.75, 3.05) is 18.0 Å². The molecule has 0 radical (unpaired) electrons. The third kappa shape index (κ3) is 20.3. The lowest BCUT2D eigenvalue weighted by Crippen LogP contribution is -2.31. The number of aryl methyl sites for hydroxylation is 1. The van der Waals surface area contributed by atoms with Gasteiger partial charge in [0.05, 0.1) is 0 Å². The summed E-state index contributed by atoms with van der Waals surface area (Å²) in [6.07, 6.45) is 47.5. The molecule has 0 amide bonds. The Hall–Kier alpha value is -2.27. The molecule has 0 atom stereocenters. The van der Waals surface area contributed by atoms with Crippen molar-refractivity contribution in [1.82, 2.24) is 0 Å². The van der Waals surface area contributed by atoms with Crippen LogP contribution in [0.1, 0.15) is 199 Å². The molecule has 270 valence electrons. The first-order valence-corrected chi connectivity index (χ1v) is 21.0. The molecule has 0 aliphatic carbocycles. The summed E-state index contributed by atoms with van der Waals surface area (Å²) in [5.74, 6) is 2.81. The second-order valence-electron chi connectivity index (χ2n) is 14.8. The Bertz CT molecular complexity index is 1020. The average Bonchev–Trinajstić information content (AvgIpc) is 3.11. The molecule has 0 N–H and O–H groups in total. The van der Waals surface area contributed by atoms with Crippen LogP contribution in [0.4, 0.5) is 5.69 Å². The molecule has 2 heteroatoms. The van der Waals surface area contributed by atoms with Gasteiger partial charge in [0.2, 0.25) is 0 Å². The number of terminal acetylenes is 1. The highest BCUT2D eigenvalue weighted by Gasteiger charge is 2.10. The minimum atomic E-state index is 0.911. The SMILES string of the molecule is C#Cc1cc(-c2ccc(N(CCCCCCCCCCCCCCCC)CCCCCCCCCCCCCCCC)cc2)cc[n+]1C. The van der Waals surface area contributed by atoms with Crippen molar-refractivity contribution in [3.05, 3.63) is 48.3 Å². The van der Waals surface area contributed by atoms with Gasteiger partial charge in [0.1, 0.15) is 7.05 Å². The van der Waals surface area contributed by atoms with Gasteiger partial charge in [-0.25, -0.2) is 0 Å². The first kappa shape index (κ1) is 41.9. The van der Waals surface area contributed by atoms with Gasteiger partial charge in [-0.2, -0.15) is 4.57 Å². The third-order valence-electron chi connectivity index (χ3n) is 10.4. The van der Waals surface area contributed by atoms with Crippen LogP contribution in [0.25, 0.3) is 11.1 Å². The van der Waals surface area contributed by atoms with Crippen LogP contribution < -0.4 is 9.47 Å². The molecule has 1 aromatic carbocycles. The highest BCUT2D eigenvalue weighted by Crippen LogP contribution is 2.25. The maximum atomic E-state index is 5.74. The van der Waals surface area contributed by atoms with E-state index in [0.717, 1.165) is 5.69 Å². The van der Waals surface area contributed by atoms with Crippen molar-refractivity contribution in [3.63, 3.8) is 0 Å². The fraction of sp³-hybridized carbons (Fsp3) is 0.717. The predicted molar refractivity (Wildman–Crippen MR) is 214 cm³/mol. The summed E-state index contributed by atoms with van der Waals surface area (Å²) in [4.78, 5) is 2.67. The summed E-state index contributed by atoms with van der Waals surface area (Å²) in [5, 5.41) is 0. The lowest BCUT2D eigenvalue weighted by Gasteiger charge is -2.25. The van der Waals surface area contributed by atoms with E-state index in [4.69, 9.17) is 6.42 Å². The molecule has 2 aromatic rings. The number of benzene rings is 1. The summed E-state index contributed by atoms with van der Waals surface area (Å²) in [5.41, 5.74) is 4.72. The number of pyridine rings is 1. The zero-order valence-corrected chi connectivity index (χ0v) is 32.2. The number of rotatable bonds is 32. The standard InChI is InChI=1S/C46H77N2/c1-5-8-10-12-14-16-18-20-22-24-26-28-30-32-39-48(40-33-31-29-27-25-23-21-19-17-15-13-11-9-6-2)46-36-34-43(35-37-46)44-38-41-47(4)45(7-3)42-44/h3,34-38,41-42H,5-6,8-33,39-40H2,1-2,4H3/q+1. The normalized spacial score (nSPS) is 11.2. The molecule has 48 heavy (non-hydrogen) atoms. The number of aromatic nitrogens is 1. The van der Waals surface area contributed by atoms with Gasteiger partial charge >= 0.3 is 0 Å². The van der Waals surface area contributed by atoms with E-state index in [2.05, 4.69) is 67.3 Å². The van der Waals surface area contributed by atoms with Gasteiger partial charge in [-0.3, -0.25) is 0 Å². The van der Waals surface area contributed by atoms with Crippen LogP contribution in [-0.4, -0.2) is 13.1 Å². The Morgan fingerprint density at radius 2 is 0.833 bits per heavy atom. The molecule has 0 spiro atoms. The number of hydrogen-bond acceptors (Lipinski definition) is 1. The van der Waals surface area contributed by atoms with Crippen LogP contribution in [-0.2, 0) is 7.05 Å². The zero-order valence-electron chi connectivity index (χ0n) is 32.2. The average molecular weight is 658 g/mol. The van der Waals surface area contributed by atoms with Gasteiger partial charge in [0.25, 0.3) is 5.69 Å². The molecule has 1 heterocycles. The monoisotopic (exact) mass is 658 g/mol. The van der Waals surface area contributed by atoms with E-state index in [9.17, 15) is 0 Å². The van der Waals surface area contributed by atoms with Crippen molar-refractivity contribution in [2.24, 2.45) is 7.05 Å². The van der Waals surface area contributed by atoms with Crippen LogP contribution in [0.15, 0.2) is 42.6 Å². The summed E-state index contributed by atoms with van der Waals surface area (Å²) in [7, 11) is 2.01. The Morgan fingerprint density at radius 1 is 0.479 bits per heavy atom. The van der Waals surface area contributed by atoms with Gasteiger partial charge in [-0.1, -0.05) is 193 Å². The van der Waals surface area contributed by atoms with Crippen LogP contribution in [0.3, 0.4) is 0 Å². The van der Waals surface area contributed by atoms with Gasteiger partial charge < -0.3 is 4.90 Å². The van der Waals surface area contributed by atoms with Crippen molar-refractivity contribution in [2.45, 2.75) is 194 Å². The first-order chi connectivity index (χ1) is 23.7. The summed E-state index contributed by atoms with van der Waals surface area (Å²) >= 11 is 0. The molecule has 2 nitrogen and oxygen atoms in total. The molecule has 0 aliphatic heterocycles. The Morgan fingerprint density at radius 3 is 1.19 bits per heavy atom. The number of nitrogens with zero attached hydrogens (tertiary/aromatic N) is 2. The smallest absolute Gasteiger partial charge is 0.256 e. The summed E-state index contributed by atoms with van der Waals surface area (Å²) in [6.45, 7) is 6.97. The fourth-order valence-electron chi connectivity index (χ4n) is 7.12. The van der Waals surface area contributed by atoms with Gasteiger partial charge in [0.15, 0.2) is 6.20 Å². The molecule has 1 aromatic heterocycles. The van der Waals surface area contributed by atoms with Crippen molar-refractivity contribution < 1.29 is 4.57 Å². The number of anilines is 1. The third-order valence-corrected chi connectivity index (χ3v) is 10.4. The Labute approximate surface area is 299 Å². The quantitative estimate of drug-likeness (QED) is 0.0431. The molecular weight excluding hydrogens is 581 g/mol. The minimum Gasteiger partial charge on any atom is -0.372 e. The second kappa shape index (κ2) is 29.6. The largest absolute Gasteiger partial charge is 0.372 e. The molecule has 0 saturated carbocycles. The predicted octanol–water partition coefficient (Wildman–Crippen LogP) is 13.9. The van der Waals surface area contributed by atoms with E-state index in [-0.39, 0.29) is 0 Å². The fourth-order valence-corrected chi connectivity index (χ4v) is 7.12. The highest BCUT2D eigenvalue weighted by atomic mass is 15.1. The lowest BCUT2D eigenvalue weighted by molar-refractivity contribution is -0.673. The van der Waals surface area contributed by atoms with Crippen LogP contribution >= 0.6 is 0 Å². The van der Waals surface area contributed by atoms with Crippen LogP contribution in [0.5, 0.6) is 0 Å². The van der Waals surface area contributed by atoms with E-state index in [1.165, 1.54) is 210 Å². The molecule has 0 unspecified atom stereocenters. The molecule has 0 saturated heterocycles. The summed E-state index contributed by atoms with van der Waals surface area (Å²) < 4.78 is 2.01. The van der Waals surface area contributed by atoms with Crippen molar-refractivity contribution >= 4 is 5.69 Å². The van der Waals surface area contributed by atoms with E-state index < -0.39 is 0 Å². The number of hydrogen-bond donors (Lipinski definition) is 0. The number of unbranched alkanes of at least 4 members (excludes halogenated alkanes) is 26. The molecular formula is C46H77N2+. The van der Waals surface area contributed by atoms with E-state index >= 15 is 0 Å². The van der Waals surface area contributed by atoms with Crippen LogP contribution in [0.2, 0.25) is 0 Å². The molecule has 0 bridgehead atoms. The maximum Gasteiger partial charge on any atom is 0.256 e. The lowest BCUT2D eigenvalue weighted by atomic mass is 10.0. The van der Waals surface area contributed by atoms with Gasteiger partial charge in [0, 0.05) is 30.9 Å². The van der Waals surface area contributed by atoms with E-state index in [1.807, 2.05) is 11.6 Å². The topological polar surface area (TPSA) is 7.12 Å². The second-order valence-corrected chi connectivity index (χ2v) is 14.8. The molecule has 0 aliphatic rings. The highest BCUT2D eigenvalue weighted by molar-refractivity contribution is 5.66. The van der Waals surface area contributed by atoms with Crippen molar-refractivity contribution in [3.8, 4) is 23.5 Å². The van der Waals surface area contributed by atoms with E-state index in [0.29, 0.717) is 0 Å². The summed E-state index contributed by atoms with van der Waals surface area (Å²) in [6, 6.07) is 13.5. The Balaban J connectivity index is 1.69. The molecule has 0 fully saturated rings. The van der Waals surface area contributed by atoms with Gasteiger partial charge in [-0.15, -0.1) is 6.42 Å². The Kier molecular flexibility index (Phi) is 25.9. The molecule has 2 rings (SSSR count).